The number of nitrogens with zero attached hydrogens (tertiary/aromatic N) is 1. The maximum atomic E-state index is 13.5. The number of hydrogen-bond acceptors (Lipinski definition) is 7. The second kappa shape index (κ2) is 20.2. The van der Waals surface area contributed by atoms with Gasteiger partial charge in [-0.1, -0.05) is 55.3 Å². The third kappa shape index (κ3) is 11.7. The summed E-state index contributed by atoms with van der Waals surface area (Å²) in [5.74, 6) is 1.33. The van der Waals surface area contributed by atoms with Crippen molar-refractivity contribution in [3.8, 4) is 0 Å². The number of carbonyl (C=O) groups excluding carboxylic acids is 3. The topological polar surface area (TPSA) is 92.2 Å². The lowest BCUT2D eigenvalue weighted by molar-refractivity contribution is -0.122. The molecule has 1 aromatic heterocycles. The summed E-state index contributed by atoms with van der Waals surface area (Å²) in [6, 6.07) is 13.0. The Balaban J connectivity index is 1.35. The zero-order chi connectivity index (χ0) is 33.5. The van der Waals surface area contributed by atoms with Crippen molar-refractivity contribution in [3.63, 3.8) is 0 Å². The largest absolute Gasteiger partial charge is 0.355 e. The number of aromatic nitrogens is 1. The molecule has 1 heterocycles. The van der Waals surface area contributed by atoms with Gasteiger partial charge in [0.25, 0.3) is 5.91 Å². The van der Waals surface area contributed by atoms with Gasteiger partial charge in [-0.3, -0.25) is 19.0 Å². The average Bonchev–Trinajstić information content (AvgIpc) is 3.31. The Bertz CT molecular complexity index is 1430. The van der Waals surface area contributed by atoms with Gasteiger partial charge in [0.15, 0.2) is 0 Å². The number of unbranched alkanes of at least 4 members (excludes halogenated alkanes) is 6. The van der Waals surface area contributed by atoms with Crippen LogP contribution in [0.25, 0.3) is 10.9 Å². The Kier molecular flexibility index (Phi) is 16.7. The smallest absolute Gasteiger partial charge is 0.262 e. The molecule has 3 N–H and O–H groups in total. The third-order valence-electron chi connectivity index (χ3n) is 8.37. The monoisotopic (exact) mass is 686 g/mol. The van der Waals surface area contributed by atoms with E-state index in [2.05, 4.69) is 54.2 Å². The summed E-state index contributed by atoms with van der Waals surface area (Å²) in [6.07, 6.45) is 8.13. The lowest BCUT2D eigenvalue weighted by Gasteiger charge is -2.17. The minimum Gasteiger partial charge on any atom is -0.355 e. The molecule has 252 valence electrons. The molecule has 2 aromatic carbocycles. The Morgan fingerprint density at radius 2 is 1.48 bits per heavy atom. The van der Waals surface area contributed by atoms with Gasteiger partial charge in [0, 0.05) is 71.7 Å². The van der Waals surface area contributed by atoms with Gasteiger partial charge in [-0.15, -0.1) is 0 Å². The molecule has 2 atom stereocenters. The van der Waals surface area contributed by atoms with Gasteiger partial charge in [0.05, 0.1) is 11.6 Å². The van der Waals surface area contributed by atoms with Crippen molar-refractivity contribution >= 4 is 65.4 Å². The average molecular weight is 687 g/mol. The number of ketones is 1. The van der Waals surface area contributed by atoms with Crippen LogP contribution >= 0.6 is 36.9 Å². The maximum Gasteiger partial charge on any atom is 0.262 e. The van der Waals surface area contributed by atoms with Gasteiger partial charge in [0.2, 0.25) is 5.91 Å². The number of Topliss-reactive ketones (excluding diaryl/α,β-unsaturated/α-hetero) is 1. The molecule has 46 heavy (non-hydrogen) atoms. The number of fused-ring (bicyclic) bond motifs is 1. The van der Waals surface area contributed by atoms with Crippen LogP contribution in [0.5, 0.6) is 0 Å². The number of rotatable bonds is 21. The fourth-order valence-electron chi connectivity index (χ4n) is 5.62. The molecule has 1 unspecified atom stereocenters. The number of thiol groups is 2. The minimum absolute atomic E-state index is 0.00459. The first kappa shape index (κ1) is 38.2. The fourth-order valence-corrected chi connectivity index (χ4v) is 6.17. The van der Waals surface area contributed by atoms with Crippen LogP contribution in [0.1, 0.15) is 85.5 Å². The summed E-state index contributed by atoms with van der Waals surface area (Å²) in [7, 11) is 0. The summed E-state index contributed by atoms with van der Waals surface area (Å²) in [5, 5.41) is 11.2. The van der Waals surface area contributed by atoms with Crippen LogP contribution in [0.2, 0.25) is 5.02 Å². The normalized spacial score (nSPS) is 12.7. The molecule has 3 aromatic rings. The predicted molar refractivity (Wildman–Crippen MR) is 198 cm³/mol. The van der Waals surface area contributed by atoms with Crippen LogP contribution in [-0.4, -0.2) is 65.4 Å². The van der Waals surface area contributed by atoms with Gasteiger partial charge in [-0.2, -0.15) is 25.3 Å². The van der Waals surface area contributed by atoms with Crippen LogP contribution in [0.15, 0.2) is 42.5 Å². The fraction of sp³-hybridized carbons (Fsp3) is 0.528. The molecular formula is C36H51ClN4O3S2. The summed E-state index contributed by atoms with van der Waals surface area (Å²) in [5.41, 5.74) is 4.23. The number of halogens is 1. The lowest BCUT2D eigenvalue weighted by atomic mass is 10.00. The van der Waals surface area contributed by atoms with Gasteiger partial charge >= 0.3 is 0 Å². The van der Waals surface area contributed by atoms with Crippen molar-refractivity contribution in [2.24, 2.45) is 0 Å². The van der Waals surface area contributed by atoms with E-state index in [0.29, 0.717) is 48.3 Å². The Morgan fingerprint density at radius 1 is 0.826 bits per heavy atom. The zero-order valence-corrected chi connectivity index (χ0v) is 30.1. The van der Waals surface area contributed by atoms with Crippen LogP contribution in [-0.2, 0) is 16.0 Å². The first-order valence-electron chi connectivity index (χ1n) is 16.5. The van der Waals surface area contributed by atoms with Crippen LogP contribution < -0.4 is 16.0 Å². The van der Waals surface area contributed by atoms with Gasteiger partial charge in [-0.05, 0) is 75.6 Å². The van der Waals surface area contributed by atoms with Crippen molar-refractivity contribution in [1.82, 2.24) is 20.5 Å². The van der Waals surface area contributed by atoms with Crippen molar-refractivity contribution in [3.05, 3.63) is 69.9 Å². The molecular weight excluding hydrogens is 636 g/mol. The molecule has 3 rings (SSSR count). The number of nitrogens with one attached hydrogen (secondary N) is 3. The van der Waals surface area contributed by atoms with Crippen molar-refractivity contribution in [2.45, 2.75) is 90.6 Å². The van der Waals surface area contributed by atoms with Gasteiger partial charge in [0.1, 0.15) is 5.78 Å². The minimum atomic E-state index is -0.289. The van der Waals surface area contributed by atoms with E-state index in [1.54, 1.807) is 28.8 Å². The molecule has 7 nitrogen and oxygen atoms in total. The van der Waals surface area contributed by atoms with E-state index in [4.69, 9.17) is 11.6 Å². The van der Waals surface area contributed by atoms with Crippen LogP contribution in [0, 0.1) is 13.8 Å². The highest BCUT2D eigenvalue weighted by molar-refractivity contribution is 7.80. The Labute approximate surface area is 290 Å². The number of benzene rings is 2. The second-order valence-electron chi connectivity index (χ2n) is 12.2. The standard InChI is InChI=1S/C36H51ClN4O3S2/c1-25-12-17-34-32(21-25)31(27(3)41(34)36(44)28-13-15-29(37)16-14-28)22-30(42)11-9-7-5-4-6-8-10-18-40-35(43)33(24-46)39-20-19-38-26(2)23-45/h12-17,21,26,33,38-39,45-46H,4-11,18-20,22-24H2,1-3H3,(H,40,43)/t26-,33?/m0/s1. The summed E-state index contributed by atoms with van der Waals surface area (Å²) in [6.45, 7) is 8.20. The van der Waals surface area contributed by atoms with Crippen LogP contribution in [0.3, 0.4) is 0 Å². The third-order valence-corrected chi connectivity index (χ3v) is 9.54. The molecule has 0 aliphatic carbocycles. The van der Waals surface area contributed by atoms with Gasteiger partial charge < -0.3 is 16.0 Å². The van der Waals surface area contributed by atoms with E-state index < -0.39 is 0 Å². The molecule has 0 spiro atoms. The van der Waals surface area contributed by atoms with E-state index in [9.17, 15) is 14.4 Å². The Morgan fingerprint density at radius 3 is 2.15 bits per heavy atom. The molecule has 0 saturated heterocycles. The maximum absolute atomic E-state index is 13.5. The first-order valence-corrected chi connectivity index (χ1v) is 18.2. The van der Waals surface area contributed by atoms with E-state index in [0.717, 1.165) is 85.0 Å². The quantitative estimate of drug-likeness (QED) is 0.0632. The highest BCUT2D eigenvalue weighted by atomic mass is 35.5. The highest BCUT2D eigenvalue weighted by Crippen LogP contribution is 2.29. The van der Waals surface area contributed by atoms with E-state index in [-0.39, 0.29) is 23.6 Å². The number of carbonyl (C=O) groups is 3. The first-order chi connectivity index (χ1) is 22.2. The summed E-state index contributed by atoms with van der Waals surface area (Å²) < 4.78 is 1.73. The molecule has 0 aliphatic heterocycles. The Hall–Kier alpha value is -2.30. The van der Waals surface area contributed by atoms with E-state index in [1.807, 2.05) is 26.0 Å². The van der Waals surface area contributed by atoms with Crippen molar-refractivity contribution in [1.29, 1.82) is 0 Å². The predicted octanol–water partition coefficient (Wildman–Crippen LogP) is 6.74. The van der Waals surface area contributed by atoms with Crippen molar-refractivity contribution in [2.75, 3.05) is 31.1 Å². The molecule has 1 amide bonds. The molecule has 0 fully saturated rings. The van der Waals surface area contributed by atoms with Gasteiger partial charge in [-0.25, -0.2) is 0 Å². The van der Waals surface area contributed by atoms with Crippen LogP contribution in [0.4, 0.5) is 0 Å². The lowest BCUT2D eigenvalue weighted by Crippen LogP contribution is -2.48. The SMILES string of the molecule is Cc1ccc2c(c1)c(CC(=O)CCCCCCCCCNC(=O)C(CS)NCCN[C@@H](C)CS)c(C)n2C(=O)c1ccc(Cl)cc1. The number of aryl methyl sites for hydroxylation is 1. The van der Waals surface area contributed by atoms with E-state index in [1.165, 1.54) is 0 Å². The highest BCUT2D eigenvalue weighted by Gasteiger charge is 2.21. The molecule has 0 bridgehead atoms. The van der Waals surface area contributed by atoms with E-state index >= 15 is 0 Å². The second-order valence-corrected chi connectivity index (χ2v) is 13.4. The number of amides is 1. The van der Waals surface area contributed by atoms with Crippen molar-refractivity contribution < 1.29 is 14.4 Å². The zero-order valence-electron chi connectivity index (χ0n) is 27.5. The molecule has 0 saturated carbocycles. The molecule has 0 radical (unpaired) electrons. The summed E-state index contributed by atoms with van der Waals surface area (Å²) in [4.78, 5) is 39.0. The molecule has 10 heteroatoms. The summed E-state index contributed by atoms with van der Waals surface area (Å²) >= 11 is 14.6. The molecule has 0 aliphatic rings. The number of hydrogen-bond donors (Lipinski definition) is 5.